The summed E-state index contributed by atoms with van der Waals surface area (Å²) in [4.78, 5) is 15.2. The maximum Gasteiger partial charge on any atom is 0.316 e. The van der Waals surface area contributed by atoms with Gasteiger partial charge >= 0.3 is 5.56 Å². The quantitative estimate of drug-likeness (QED) is 0.668. The van der Waals surface area contributed by atoms with E-state index in [0.717, 1.165) is 0 Å². The van der Waals surface area contributed by atoms with E-state index in [1.54, 1.807) is 30.5 Å². The third-order valence-electron chi connectivity index (χ3n) is 4.37. The van der Waals surface area contributed by atoms with Crippen molar-refractivity contribution in [3.63, 3.8) is 0 Å². The van der Waals surface area contributed by atoms with Crippen molar-refractivity contribution in [1.29, 1.82) is 0 Å². The highest BCUT2D eigenvalue weighted by atomic mass is 35.5. The molecule has 0 saturated carbocycles. The first kappa shape index (κ1) is 18.5. The topological polar surface area (TPSA) is 56.6 Å². The highest BCUT2D eigenvalue weighted by Crippen LogP contribution is 2.30. The van der Waals surface area contributed by atoms with Gasteiger partial charge in [-0.05, 0) is 48.5 Å². The van der Waals surface area contributed by atoms with Crippen LogP contribution in [-0.2, 0) is 4.74 Å². The van der Waals surface area contributed by atoms with E-state index in [9.17, 15) is 9.18 Å². The number of aromatic nitrogens is 2. The molecule has 2 heterocycles. The van der Waals surface area contributed by atoms with Crippen molar-refractivity contribution >= 4 is 17.3 Å². The molecule has 4 rings (SSSR count). The first-order chi connectivity index (χ1) is 13.6. The highest BCUT2D eigenvalue weighted by molar-refractivity contribution is 6.30. The lowest BCUT2D eigenvalue weighted by molar-refractivity contribution is 0.122. The molecular weight excluding hydrogens is 385 g/mol. The second-order valence-electron chi connectivity index (χ2n) is 6.21. The van der Waals surface area contributed by atoms with Crippen LogP contribution in [0.2, 0.25) is 5.02 Å². The number of hydrogen-bond acceptors (Lipinski definition) is 5. The molecule has 6 nitrogen and oxygen atoms in total. The summed E-state index contributed by atoms with van der Waals surface area (Å²) in [6.07, 6.45) is 1.58. The molecule has 1 saturated heterocycles. The van der Waals surface area contributed by atoms with Crippen molar-refractivity contribution in [3.8, 4) is 17.2 Å². The Kier molecular flexibility index (Phi) is 5.27. The lowest BCUT2D eigenvalue weighted by atomic mass is 10.3. The van der Waals surface area contributed by atoms with E-state index in [0.29, 0.717) is 48.5 Å². The zero-order valence-electron chi connectivity index (χ0n) is 14.8. The van der Waals surface area contributed by atoms with Crippen molar-refractivity contribution in [2.45, 2.75) is 0 Å². The molecule has 0 aliphatic carbocycles. The zero-order valence-corrected chi connectivity index (χ0v) is 15.6. The van der Waals surface area contributed by atoms with E-state index in [4.69, 9.17) is 21.1 Å². The van der Waals surface area contributed by atoms with Crippen LogP contribution in [-0.4, -0.2) is 36.1 Å². The van der Waals surface area contributed by atoms with Crippen molar-refractivity contribution in [2.75, 3.05) is 31.2 Å². The predicted octanol–water partition coefficient (Wildman–Crippen LogP) is 3.65. The molecule has 28 heavy (non-hydrogen) atoms. The molecule has 0 radical (unpaired) electrons. The van der Waals surface area contributed by atoms with Crippen LogP contribution in [0.1, 0.15) is 0 Å². The van der Waals surface area contributed by atoms with Gasteiger partial charge in [0, 0.05) is 18.1 Å². The summed E-state index contributed by atoms with van der Waals surface area (Å²) in [5.74, 6) is 0.232. The normalized spacial score (nSPS) is 14.1. The lowest BCUT2D eigenvalue weighted by Gasteiger charge is -2.29. The molecule has 8 heteroatoms. The number of hydrogen-bond donors (Lipinski definition) is 0. The molecule has 0 N–H and O–H groups in total. The Labute approximate surface area is 165 Å². The van der Waals surface area contributed by atoms with Crippen molar-refractivity contribution in [2.24, 2.45) is 0 Å². The van der Waals surface area contributed by atoms with E-state index < -0.39 is 5.56 Å². The maximum atomic E-state index is 13.2. The van der Waals surface area contributed by atoms with Crippen LogP contribution in [0.3, 0.4) is 0 Å². The van der Waals surface area contributed by atoms with Crippen LogP contribution in [0.15, 0.2) is 59.5 Å². The molecule has 1 fully saturated rings. The molecule has 0 bridgehead atoms. The van der Waals surface area contributed by atoms with Crippen LogP contribution in [0.25, 0.3) is 5.69 Å². The van der Waals surface area contributed by atoms with Gasteiger partial charge in [-0.25, -0.2) is 4.39 Å². The Bertz CT molecular complexity index is 1020. The van der Waals surface area contributed by atoms with Crippen LogP contribution >= 0.6 is 11.6 Å². The number of benzene rings is 2. The summed E-state index contributed by atoms with van der Waals surface area (Å²) in [5, 5.41) is 4.84. The zero-order chi connectivity index (χ0) is 19.5. The van der Waals surface area contributed by atoms with E-state index in [-0.39, 0.29) is 11.6 Å². The minimum absolute atomic E-state index is 0.142. The number of rotatable bonds is 4. The van der Waals surface area contributed by atoms with E-state index in [2.05, 4.69) is 5.10 Å². The van der Waals surface area contributed by atoms with Gasteiger partial charge in [0.2, 0.25) is 5.75 Å². The van der Waals surface area contributed by atoms with Crippen molar-refractivity contribution in [3.05, 3.63) is 75.9 Å². The Morgan fingerprint density at radius 3 is 2.39 bits per heavy atom. The summed E-state index contributed by atoms with van der Waals surface area (Å²) in [6.45, 7) is 2.36. The Morgan fingerprint density at radius 1 is 1.04 bits per heavy atom. The number of nitrogens with zero attached hydrogens (tertiary/aromatic N) is 3. The lowest BCUT2D eigenvalue weighted by Crippen LogP contribution is -2.38. The molecule has 0 atom stereocenters. The van der Waals surface area contributed by atoms with Gasteiger partial charge in [0.1, 0.15) is 17.3 Å². The minimum Gasteiger partial charge on any atom is -0.449 e. The van der Waals surface area contributed by atoms with Gasteiger partial charge in [-0.1, -0.05) is 11.6 Å². The molecule has 144 valence electrons. The third-order valence-corrected chi connectivity index (χ3v) is 4.62. The molecule has 1 aromatic heterocycles. The maximum absolute atomic E-state index is 13.2. The van der Waals surface area contributed by atoms with Gasteiger partial charge in [-0.2, -0.15) is 9.78 Å². The summed E-state index contributed by atoms with van der Waals surface area (Å²) < 4.78 is 25.8. The Morgan fingerprint density at radius 2 is 1.71 bits per heavy atom. The van der Waals surface area contributed by atoms with Crippen LogP contribution < -0.4 is 15.2 Å². The number of anilines is 1. The molecule has 1 aliphatic heterocycles. The van der Waals surface area contributed by atoms with E-state index in [1.807, 2.05) is 4.90 Å². The van der Waals surface area contributed by atoms with Gasteiger partial charge in [-0.3, -0.25) is 4.79 Å². The molecular formula is C20H17ClFN3O3. The predicted molar refractivity (Wildman–Crippen MR) is 104 cm³/mol. The van der Waals surface area contributed by atoms with Gasteiger partial charge in [0.15, 0.2) is 0 Å². The first-order valence-corrected chi connectivity index (χ1v) is 9.14. The molecule has 0 spiro atoms. The van der Waals surface area contributed by atoms with Crippen molar-refractivity contribution < 1.29 is 13.9 Å². The van der Waals surface area contributed by atoms with E-state index >= 15 is 0 Å². The van der Waals surface area contributed by atoms with E-state index in [1.165, 1.54) is 28.9 Å². The van der Waals surface area contributed by atoms with Crippen LogP contribution in [0.4, 0.5) is 10.1 Å². The summed E-state index contributed by atoms with van der Waals surface area (Å²) in [7, 11) is 0. The van der Waals surface area contributed by atoms with Crippen molar-refractivity contribution in [1.82, 2.24) is 9.78 Å². The fraction of sp³-hybridized carbons (Fsp3) is 0.200. The largest absolute Gasteiger partial charge is 0.449 e. The fourth-order valence-electron chi connectivity index (χ4n) is 2.94. The average molecular weight is 402 g/mol. The second-order valence-corrected chi connectivity index (χ2v) is 6.64. The fourth-order valence-corrected chi connectivity index (χ4v) is 3.07. The van der Waals surface area contributed by atoms with Gasteiger partial charge in [-0.15, -0.1) is 0 Å². The van der Waals surface area contributed by atoms with Gasteiger partial charge in [0.05, 0.1) is 25.1 Å². The van der Waals surface area contributed by atoms with Gasteiger partial charge < -0.3 is 14.4 Å². The summed E-state index contributed by atoms with van der Waals surface area (Å²) in [6, 6.07) is 12.3. The average Bonchev–Trinajstić information content (AvgIpc) is 2.72. The van der Waals surface area contributed by atoms with Crippen LogP contribution in [0, 0.1) is 5.82 Å². The highest BCUT2D eigenvalue weighted by Gasteiger charge is 2.21. The molecule has 2 aromatic carbocycles. The molecule has 0 unspecified atom stereocenters. The summed E-state index contributed by atoms with van der Waals surface area (Å²) >= 11 is 5.93. The Hall–Kier alpha value is -2.90. The second kappa shape index (κ2) is 8.00. The monoisotopic (exact) mass is 401 g/mol. The van der Waals surface area contributed by atoms with Crippen LogP contribution in [0.5, 0.6) is 11.5 Å². The number of ether oxygens (including phenoxy) is 2. The Balaban J connectivity index is 1.79. The molecule has 1 aliphatic rings. The summed E-state index contributed by atoms with van der Waals surface area (Å²) in [5.41, 5.74) is 0.591. The van der Waals surface area contributed by atoms with Gasteiger partial charge in [0.25, 0.3) is 0 Å². The third kappa shape index (κ3) is 3.85. The number of halogens is 2. The SMILES string of the molecule is O=c1c(Oc2ccc(Cl)cc2)c(N2CCOCC2)cnn1-c1ccc(F)cc1. The molecule has 3 aromatic rings. The standard InChI is InChI=1S/C20H17ClFN3O3/c21-14-1-7-17(8-2-14)28-19-18(24-9-11-27-12-10-24)13-23-25(20(19)26)16-5-3-15(22)4-6-16/h1-8,13H,9-12H2. The first-order valence-electron chi connectivity index (χ1n) is 8.76. The molecule has 0 amide bonds. The number of morpholine rings is 1. The minimum atomic E-state index is -0.439. The smallest absolute Gasteiger partial charge is 0.316 e.